The van der Waals surface area contributed by atoms with E-state index >= 15 is 0 Å². The predicted molar refractivity (Wildman–Crippen MR) is 309 cm³/mol. The normalized spacial score (nSPS) is 21.6. The zero-order valence-electron chi connectivity index (χ0n) is 43.6. The number of hydrogen-bond donors (Lipinski definition) is 10. The molecule has 35 heteroatoms. The summed E-state index contributed by atoms with van der Waals surface area (Å²) in [5.41, 5.74) is -1.74. The molecule has 0 bridgehead atoms. The Morgan fingerprint density at radius 3 is 1.13 bits per heavy atom. The highest BCUT2D eigenvalue weighted by Crippen LogP contribution is 2.41. The lowest BCUT2D eigenvalue weighted by molar-refractivity contribution is 0.0994. The zero-order chi connectivity index (χ0) is 63.4. The number of carbonyl (C=O) groups is 5. The van der Waals surface area contributed by atoms with Gasteiger partial charge in [0.1, 0.15) is 21.0 Å². The van der Waals surface area contributed by atoms with E-state index in [1.165, 1.54) is 84.9 Å². The van der Waals surface area contributed by atoms with Gasteiger partial charge in [-0.15, -0.1) is 0 Å². The first-order valence-corrected chi connectivity index (χ1v) is 33.1. The third kappa shape index (κ3) is 14.3. The summed E-state index contributed by atoms with van der Waals surface area (Å²) in [5.74, 6) is -7.47. The number of amides is 6. The van der Waals surface area contributed by atoms with E-state index in [-0.39, 0.29) is 45.0 Å². The second-order valence-electron chi connectivity index (χ2n) is 19.3. The average Bonchev–Trinajstić information content (AvgIpc) is 0.808. The Balaban J connectivity index is 0.939. The third-order valence-electron chi connectivity index (χ3n) is 13.4. The number of nitrogens with zero attached hydrogens (tertiary/aromatic N) is 2. The molecule has 6 amide bonds. The topological polar surface area (TPSA) is 484 Å². The number of rotatable bonds is 14. The van der Waals surface area contributed by atoms with Crippen LogP contribution in [0.15, 0.2) is 164 Å². The van der Waals surface area contributed by atoms with Gasteiger partial charge >= 0.3 is 6.03 Å². The van der Waals surface area contributed by atoms with Crippen molar-refractivity contribution in [3.05, 3.63) is 188 Å². The van der Waals surface area contributed by atoms with Gasteiger partial charge in [0.25, 0.3) is 84.3 Å². The molecule has 6 atom stereocenters. The van der Waals surface area contributed by atoms with Gasteiger partial charge in [-0.05, 0) is 133 Å². The van der Waals surface area contributed by atoms with E-state index in [4.69, 9.17) is 0 Å². The Hall–Kier alpha value is -8.33. The molecule has 0 saturated heterocycles. The Labute approximate surface area is 489 Å². The number of benzene rings is 4. The van der Waals surface area contributed by atoms with Gasteiger partial charge in [0, 0.05) is 56.8 Å². The molecule has 452 valence electrons. The SMILES string of the molecule is Cc1ccc(C(=O)N=C2C=CC(S(=O)(=O)O)C3=CC(S(=O)(=O)O)=CC(S(=O)(=O)O)C32)cc1NC(=O)c1cccc(NC(=O)Nc2cccc(C(=O)Nc3cc(C(=O)N=C4C=CC(S(=O)(=O)O)C5=CC(S(=O)(=O)O)=CC(S(=O)(=O)O)C54)ccc3C)c2)c1. The first kappa shape index (κ1) is 63.7. The smallest absolute Gasteiger partial charge is 0.322 e. The van der Waals surface area contributed by atoms with E-state index < -0.39 is 156 Å². The molecule has 8 rings (SSSR count). The van der Waals surface area contributed by atoms with Crippen LogP contribution in [0.1, 0.15) is 52.6 Å². The summed E-state index contributed by atoms with van der Waals surface area (Å²) in [5, 5.41) is 1.51. The highest BCUT2D eigenvalue weighted by molar-refractivity contribution is 7.91. The number of aliphatic imine (C=N–C) groups is 2. The Morgan fingerprint density at radius 2 is 0.802 bits per heavy atom. The van der Waals surface area contributed by atoms with Gasteiger partial charge in [-0.1, -0.05) is 36.4 Å². The minimum atomic E-state index is -5.33. The molecular formula is C51H44N6O23S6. The van der Waals surface area contributed by atoms with E-state index in [0.717, 1.165) is 24.3 Å². The lowest BCUT2D eigenvalue weighted by Crippen LogP contribution is -2.43. The van der Waals surface area contributed by atoms with Gasteiger partial charge in [0.2, 0.25) is 0 Å². The molecule has 4 aliphatic carbocycles. The van der Waals surface area contributed by atoms with Crippen LogP contribution in [-0.2, 0) is 60.7 Å². The van der Waals surface area contributed by atoms with E-state index in [2.05, 4.69) is 31.3 Å². The molecule has 4 aromatic carbocycles. The van der Waals surface area contributed by atoms with E-state index in [9.17, 15) is 102 Å². The monoisotopic (exact) mass is 1300 g/mol. The molecule has 0 radical (unpaired) electrons. The molecule has 0 spiro atoms. The maximum absolute atomic E-state index is 13.7. The summed E-state index contributed by atoms with van der Waals surface area (Å²) in [6, 6.07) is 17.9. The highest BCUT2D eigenvalue weighted by atomic mass is 32.2. The van der Waals surface area contributed by atoms with Gasteiger partial charge in [-0.2, -0.15) is 50.5 Å². The summed E-state index contributed by atoms with van der Waals surface area (Å²) in [6.45, 7) is 3.12. The number of carbonyl (C=O) groups excluding carboxylic acids is 5. The molecule has 0 aromatic heterocycles. The third-order valence-corrected chi connectivity index (χ3v) is 19.5. The maximum atomic E-state index is 13.7. The van der Waals surface area contributed by atoms with Crippen LogP contribution < -0.4 is 21.3 Å². The van der Waals surface area contributed by atoms with Crippen LogP contribution in [0.3, 0.4) is 0 Å². The molecule has 6 unspecified atom stereocenters. The van der Waals surface area contributed by atoms with Gasteiger partial charge in [0.15, 0.2) is 0 Å². The molecule has 0 saturated carbocycles. The molecular weight excluding hydrogens is 1260 g/mol. The summed E-state index contributed by atoms with van der Waals surface area (Å²) in [7, 11) is -31.4. The van der Waals surface area contributed by atoms with Gasteiger partial charge < -0.3 is 21.3 Å². The van der Waals surface area contributed by atoms with Crippen LogP contribution >= 0.6 is 0 Å². The number of hydrogen-bond acceptors (Lipinski definition) is 17. The predicted octanol–water partition coefficient (Wildman–Crippen LogP) is 4.44. The van der Waals surface area contributed by atoms with Crippen molar-refractivity contribution in [2.24, 2.45) is 21.8 Å². The van der Waals surface area contributed by atoms with Crippen molar-refractivity contribution in [3.63, 3.8) is 0 Å². The van der Waals surface area contributed by atoms with Crippen LogP contribution in [0.4, 0.5) is 27.5 Å². The van der Waals surface area contributed by atoms with E-state index in [1.54, 1.807) is 13.8 Å². The second kappa shape index (κ2) is 23.5. The number of fused-ring (bicyclic) bond motifs is 2. The summed E-state index contributed by atoms with van der Waals surface area (Å²) < 4.78 is 207. The molecule has 10 N–H and O–H groups in total. The maximum Gasteiger partial charge on any atom is 0.323 e. The van der Waals surface area contributed by atoms with Crippen LogP contribution in [0.5, 0.6) is 0 Å². The summed E-state index contributed by atoms with van der Waals surface area (Å²) >= 11 is 0. The number of urea groups is 1. The van der Waals surface area contributed by atoms with Crippen molar-refractivity contribution in [2.75, 3.05) is 21.3 Å². The van der Waals surface area contributed by atoms with Crippen molar-refractivity contribution < 1.29 is 102 Å². The second-order valence-corrected chi connectivity index (χ2v) is 28.3. The van der Waals surface area contributed by atoms with Crippen molar-refractivity contribution in [1.82, 2.24) is 0 Å². The fraction of sp³-hybridized carbons (Fsp3) is 0.157. The van der Waals surface area contributed by atoms with E-state index in [0.29, 0.717) is 35.4 Å². The molecule has 0 fully saturated rings. The Bertz CT molecular complexity index is 4350. The quantitative estimate of drug-likeness (QED) is 0.0780. The van der Waals surface area contributed by atoms with Crippen molar-refractivity contribution in [3.8, 4) is 0 Å². The molecule has 29 nitrogen and oxygen atoms in total. The van der Waals surface area contributed by atoms with Crippen LogP contribution in [0.25, 0.3) is 0 Å². The Morgan fingerprint density at radius 1 is 0.442 bits per heavy atom. The summed E-state index contributed by atoms with van der Waals surface area (Å²) in [4.78, 5) is 73.4. The van der Waals surface area contributed by atoms with Crippen LogP contribution in [0.2, 0.25) is 0 Å². The lowest BCUT2D eigenvalue weighted by Gasteiger charge is -2.34. The van der Waals surface area contributed by atoms with Gasteiger partial charge in [0.05, 0.1) is 21.2 Å². The molecule has 4 aliphatic rings. The fourth-order valence-electron chi connectivity index (χ4n) is 9.39. The van der Waals surface area contributed by atoms with Crippen LogP contribution in [0, 0.1) is 25.7 Å². The molecule has 4 aromatic rings. The minimum Gasteiger partial charge on any atom is -0.322 e. The fourth-order valence-corrected chi connectivity index (χ4v) is 14.4. The minimum absolute atomic E-state index is 0.0208. The van der Waals surface area contributed by atoms with Crippen molar-refractivity contribution >= 4 is 125 Å². The number of nitrogens with one attached hydrogen (secondary N) is 4. The number of anilines is 4. The first-order chi connectivity index (χ1) is 39.8. The number of allylic oxidation sites excluding steroid dienone is 4. The molecule has 0 aliphatic heterocycles. The number of aryl methyl sites for hydroxylation is 2. The van der Waals surface area contributed by atoms with Gasteiger partial charge in [-0.25, -0.2) is 14.8 Å². The first-order valence-electron chi connectivity index (χ1n) is 24.2. The van der Waals surface area contributed by atoms with Crippen LogP contribution in [-0.4, -0.2) is 140 Å². The molecule has 86 heavy (non-hydrogen) atoms. The largest absolute Gasteiger partial charge is 0.323 e. The van der Waals surface area contributed by atoms with E-state index in [1.807, 2.05) is 0 Å². The van der Waals surface area contributed by atoms with Crippen molar-refractivity contribution in [2.45, 2.75) is 34.8 Å². The molecule has 0 heterocycles. The average molecular weight is 1300 g/mol. The van der Waals surface area contributed by atoms with Gasteiger partial charge in [-0.3, -0.25) is 46.5 Å². The lowest BCUT2D eigenvalue weighted by atomic mass is 9.81. The Kier molecular flexibility index (Phi) is 17.4. The van der Waals surface area contributed by atoms with Crippen molar-refractivity contribution in [1.29, 1.82) is 0 Å². The highest BCUT2D eigenvalue weighted by Gasteiger charge is 2.48. The standard InChI is InChI=1S/C51H44N6O23S6/c1-25-9-11-29(49(60)54-37-13-15-41(83(69,70)71)35-21-33(81(63,64)65)23-43(45(35)37)85(75,76)77)19-39(25)56-47(58)27-5-3-7-31(17-27)52-51(62)53-32-8-4-6-28(18-32)48(59)57-40-20-30(12-10-26(40)2)50(61)55-38-14-16-42(84(72,73)74)36-22-34(82(66,67)68)24-44(46(36)38)86(78,79)80/h3-24,41-46H,1-2H3,(H,56,58)(H,57,59)(H2,52,53,62)(H,63,64,65)(H,66,67,68)(H,69,70,71)(H,72,73,74)(H,75,76,77)(H,78,79,80). The zero-order valence-corrected chi connectivity index (χ0v) is 48.5. The summed E-state index contributed by atoms with van der Waals surface area (Å²) in [6.07, 6.45) is 5.25.